The second-order valence-electron chi connectivity index (χ2n) is 6.28. The first-order chi connectivity index (χ1) is 12.9. The van der Waals surface area contributed by atoms with E-state index in [1.54, 1.807) is 48.5 Å². The van der Waals surface area contributed by atoms with Crippen LogP contribution in [0.5, 0.6) is 0 Å². The molecule has 1 aromatic heterocycles. The smallest absolute Gasteiger partial charge is 0.255 e. The van der Waals surface area contributed by atoms with Gasteiger partial charge in [-0.25, -0.2) is 13.4 Å². The predicted octanol–water partition coefficient (Wildman–Crippen LogP) is 3.68. The van der Waals surface area contributed by atoms with E-state index in [1.807, 2.05) is 6.07 Å². The number of amides is 1. The Hall–Kier alpha value is -2.64. The molecule has 0 atom stereocenters. The number of benzene rings is 2. The van der Waals surface area contributed by atoms with Crippen LogP contribution in [-0.2, 0) is 10.0 Å². The number of sulfonamides is 1. The number of pyridine rings is 1. The third-order valence-corrected chi connectivity index (χ3v) is 6.51. The zero-order valence-electron chi connectivity index (χ0n) is 14.2. The molecule has 0 bridgehead atoms. The summed E-state index contributed by atoms with van der Waals surface area (Å²) in [7, 11) is -3.21. The van der Waals surface area contributed by atoms with E-state index in [4.69, 9.17) is 11.6 Å². The van der Waals surface area contributed by atoms with Crippen molar-refractivity contribution in [1.82, 2.24) is 4.98 Å². The van der Waals surface area contributed by atoms with Gasteiger partial charge in [0, 0.05) is 23.2 Å². The second-order valence-corrected chi connectivity index (χ2v) is 8.68. The number of halogens is 1. The van der Waals surface area contributed by atoms with Crippen LogP contribution in [0.3, 0.4) is 0 Å². The SMILES string of the molecule is O=C(Nc1ccc(N2CCCS2(=O)=O)cc1)c1ccc2nc(Cl)ccc2c1. The minimum atomic E-state index is -3.21. The van der Waals surface area contributed by atoms with E-state index in [0.29, 0.717) is 35.1 Å². The molecule has 1 amide bonds. The van der Waals surface area contributed by atoms with Crippen molar-refractivity contribution in [3.05, 3.63) is 65.3 Å². The molecule has 0 aliphatic carbocycles. The first-order valence-electron chi connectivity index (χ1n) is 8.40. The van der Waals surface area contributed by atoms with Crippen molar-refractivity contribution in [2.45, 2.75) is 6.42 Å². The van der Waals surface area contributed by atoms with Crippen LogP contribution in [0.15, 0.2) is 54.6 Å². The molecular formula is C19H16ClN3O3S. The average Bonchev–Trinajstić information content (AvgIpc) is 3.01. The number of carbonyl (C=O) groups is 1. The quantitative estimate of drug-likeness (QED) is 0.679. The molecule has 2 heterocycles. The number of nitrogens with zero attached hydrogens (tertiary/aromatic N) is 2. The van der Waals surface area contributed by atoms with Gasteiger partial charge in [0.2, 0.25) is 10.0 Å². The summed E-state index contributed by atoms with van der Waals surface area (Å²) in [6.07, 6.45) is 0.628. The highest BCUT2D eigenvalue weighted by molar-refractivity contribution is 7.93. The highest BCUT2D eigenvalue weighted by Crippen LogP contribution is 2.25. The number of fused-ring (bicyclic) bond motifs is 1. The largest absolute Gasteiger partial charge is 0.322 e. The second kappa shape index (κ2) is 6.83. The van der Waals surface area contributed by atoms with Gasteiger partial charge < -0.3 is 5.32 Å². The maximum atomic E-state index is 12.5. The number of nitrogens with one attached hydrogen (secondary N) is 1. The summed E-state index contributed by atoms with van der Waals surface area (Å²) in [5, 5.41) is 4.04. The van der Waals surface area contributed by atoms with Crippen LogP contribution in [0.1, 0.15) is 16.8 Å². The van der Waals surface area contributed by atoms with Crippen LogP contribution in [0.4, 0.5) is 11.4 Å². The third kappa shape index (κ3) is 3.61. The summed E-state index contributed by atoms with van der Waals surface area (Å²) in [6.45, 7) is 0.489. The zero-order valence-corrected chi connectivity index (χ0v) is 15.8. The molecule has 0 spiro atoms. The molecule has 6 nitrogen and oxygen atoms in total. The summed E-state index contributed by atoms with van der Waals surface area (Å²) < 4.78 is 25.4. The number of anilines is 2. The van der Waals surface area contributed by atoms with Crippen LogP contribution in [0, 0.1) is 0 Å². The fourth-order valence-electron chi connectivity index (χ4n) is 3.09. The molecule has 138 valence electrons. The minimum Gasteiger partial charge on any atom is -0.322 e. The Morgan fingerprint density at radius 2 is 1.85 bits per heavy atom. The summed E-state index contributed by atoms with van der Waals surface area (Å²) in [5.41, 5.74) is 2.42. The predicted molar refractivity (Wildman–Crippen MR) is 107 cm³/mol. The van der Waals surface area contributed by atoms with Crippen molar-refractivity contribution in [3.8, 4) is 0 Å². The molecule has 1 fully saturated rings. The van der Waals surface area contributed by atoms with Crippen molar-refractivity contribution < 1.29 is 13.2 Å². The Labute approximate surface area is 161 Å². The van der Waals surface area contributed by atoms with Gasteiger partial charge in [-0.15, -0.1) is 0 Å². The van der Waals surface area contributed by atoms with Crippen LogP contribution < -0.4 is 9.62 Å². The topological polar surface area (TPSA) is 79.4 Å². The van der Waals surface area contributed by atoms with Crippen molar-refractivity contribution >= 4 is 49.8 Å². The Kier molecular flexibility index (Phi) is 4.49. The van der Waals surface area contributed by atoms with E-state index in [2.05, 4.69) is 10.3 Å². The number of carbonyl (C=O) groups excluding carboxylic acids is 1. The molecule has 0 radical (unpaired) electrons. The molecule has 2 aromatic carbocycles. The highest BCUT2D eigenvalue weighted by atomic mass is 35.5. The van der Waals surface area contributed by atoms with Gasteiger partial charge in [0.25, 0.3) is 5.91 Å². The lowest BCUT2D eigenvalue weighted by molar-refractivity contribution is 0.102. The number of aromatic nitrogens is 1. The monoisotopic (exact) mass is 401 g/mol. The lowest BCUT2D eigenvalue weighted by atomic mass is 10.1. The van der Waals surface area contributed by atoms with Crippen molar-refractivity contribution in [2.24, 2.45) is 0 Å². The summed E-state index contributed by atoms with van der Waals surface area (Å²) in [4.78, 5) is 16.7. The van der Waals surface area contributed by atoms with E-state index < -0.39 is 10.0 Å². The lowest BCUT2D eigenvalue weighted by Crippen LogP contribution is -2.24. The van der Waals surface area contributed by atoms with Gasteiger partial charge in [-0.05, 0) is 61.0 Å². The first-order valence-corrected chi connectivity index (χ1v) is 10.4. The average molecular weight is 402 g/mol. The molecule has 3 aromatic rings. The van der Waals surface area contributed by atoms with E-state index >= 15 is 0 Å². The minimum absolute atomic E-state index is 0.174. The van der Waals surface area contributed by atoms with E-state index in [1.165, 1.54) is 4.31 Å². The molecule has 4 rings (SSSR count). The summed E-state index contributed by atoms with van der Waals surface area (Å²) in [5.74, 6) is -0.0820. The molecule has 1 saturated heterocycles. The molecule has 27 heavy (non-hydrogen) atoms. The fourth-order valence-corrected chi connectivity index (χ4v) is 4.80. The van der Waals surface area contributed by atoms with E-state index in [9.17, 15) is 13.2 Å². The Bertz CT molecular complexity index is 1130. The maximum Gasteiger partial charge on any atom is 0.255 e. The normalized spacial score (nSPS) is 15.8. The van der Waals surface area contributed by atoms with Crippen molar-refractivity contribution in [1.29, 1.82) is 0 Å². The van der Waals surface area contributed by atoms with Gasteiger partial charge in [0.1, 0.15) is 5.15 Å². The van der Waals surface area contributed by atoms with Crippen LogP contribution in [0.2, 0.25) is 5.15 Å². The van der Waals surface area contributed by atoms with Gasteiger partial charge in [-0.1, -0.05) is 11.6 Å². The van der Waals surface area contributed by atoms with Gasteiger partial charge in [-0.2, -0.15) is 0 Å². The van der Waals surface area contributed by atoms with Crippen molar-refractivity contribution in [2.75, 3.05) is 21.9 Å². The standard InChI is InChI=1S/C19H16ClN3O3S/c20-18-9-3-13-12-14(2-8-17(13)22-18)19(24)21-15-4-6-16(7-5-15)23-10-1-11-27(23,25)26/h2-9,12H,1,10-11H2,(H,21,24). The lowest BCUT2D eigenvalue weighted by Gasteiger charge is -2.17. The van der Waals surface area contributed by atoms with Crippen LogP contribution >= 0.6 is 11.6 Å². The number of hydrogen-bond donors (Lipinski definition) is 1. The number of rotatable bonds is 3. The van der Waals surface area contributed by atoms with Gasteiger partial charge >= 0.3 is 0 Å². The van der Waals surface area contributed by atoms with Crippen LogP contribution in [0.25, 0.3) is 10.9 Å². The number of hydrogen-bond acceptors (Lipinski definition) is 4. The molecule has 1 aliphatic heterocycles. The fraction of sp³-hybridized carbons (Fsp3) is 0.158. The molecular weight excluding hydrogens is 386 g/mol. The van der Waals surface area contributed by atoms with Crippen molar-refractivity contribution in [3.63, 3.8) is 0 Å². The molecule has 1 N–H and O–H groups in total. The summed E-state index contributed by atoms with van der Waals surface area (Å²) in [6, 6.07) is 15.5. The Balaban J connectivity index is 1.52. The zero-order chi connectivity index (χ0) is 19.0. The van der Waals surface area contributed by atoms with E-state index in [-0.39, 0.29) is 11.7 Å². The summed E-state index contributed by atoms with van der Waals surface area (Å²) >= 11 is 5.87. The van der Waals surface area contributed by atoms with E-state index in [0.717, 1.165) is 10.9 Å². The van der Waals surface area contributed by atoms with Gasteiger partial charge in [0.15, 0.2) is 0 Å². The Morgan fingerprint density at radius 1 is 1.07 bits per heavy atom. The van der Waals surface area contributed by atoms with Gasteiger partial charge in [0.05, 0.1) is 17.0 Å². The molecule has 1 aliphatic rings. The molecule has 0 unspecified atom stereocenters. The maximum absolute atomic E-state index is 12.5. The van der Waals surface area contributed by atoms with Gasteiger partial charge in [-0.3, -0.25) is 9.10 Å². The third-order valence-electron chi connectivity index (χ3n) is 4.43. The molecule has 0 saturated carbocycles. The Morgan fingerprint density at radius 3 is 2.56 bits per heavy atom. The molecule has 8 heteroatoms. The highest BCUT2D eigenvalue weighted by Gasteiger charge is 2.28. The van der Waals surface area contributed by atoms with Crippen LogP contribution in [-0.4, -0.2) is 31.6 Å². The first kappa shape index (κ1) is 17.8.